The predicted octanol–water partition coefficient (Wildman–Crippen LogP) is 3.20. The summed E-state index contributed by atoms with van der Waals surface area (Å²) in [6, 6.07) is 13.5. The second-order valence-corrected chi connectivity index (χ2v) is 4.50. The summed E-state index contributed by atoms with van der Waals surface area (Å²) in [5.74, 6) is -0.0312. The molecule has 0 spiro atoms. The number of amides is 1. The number of nitrogens with zero attached hydrogens (tertiary/aromatic N) is 1. The first-order valence-electron chi connectivity index (χ1n) is 6.53. The minimum Gasteiger partial charge on any atom is -0.352 e. The molecule has 0 bridgehead atoms. The Kier molecular flexibility index (Phi) is 4.29. The van der Waals surface area contributed by atoms with Crippen molar-refractivity contribution in [3.63, 3.8) is 0 Å². The number of aryl methyl sites for hydroxylation is 1. The number of hydrogen-bond acceptors (Lipinski definition) is 2. The maximum Gasteiger partial charge on any atom is 0.251 e. The van der Waals surface area contributed by atoms with Gasteiger partial charge < -0.3 is 5.32 Å². The van der Waals surface area contributed by atoms with E-state index in [0.29, 0.717) is 12.1 Å². The van der Waals surface area contributed by atoms with Gasteiger partial charge in [0.1, 0.15) is 0 Å². The van der Waals surface area contributed by atoms with Gasteiger partial charge in [-0.3, -0.25) is 9.78 Å². The normalized spacial score (nSPS) is 10.2. The third-order valence-corrected chi connectivity index (χ3v) is 2.84. The van der Waals surface area contributed by atoms with Crippen molar-refractivity contribution in [3.8, 4) is 11.3 Å². The topological polar surface area (TPSA) is 42.0 Å². The van der Waals surface area contributed by atoms with E-state index in [-0.39, 0.29) is 5.91 Å². The van der Waals surface area contributed by atoms with E-state index in [9.17, 15) is 4.79 Å². The molecule has 0 saturated heterocycles. The van der Waals surface area contributed by atoms with Crippen LogP contribution in [-0.4, -0.2) is 17.4 Å². The van der Waals surface area contributed by atoms with Gasteiger partial charge in [-0.2, -0.15) is 0 Å². The van der Waals surface area contributed by atoms with Crippen LogP contribution in [0.3, 0.4) is 0 Å². The lowest BCUT2D eigenvalue weighted by Gasteiger charge is -2.06. The minimum atomic E-state index is -0.0312. The van der Waals surface area contributed by atoms with Crippen LogP contribution in [0.1, 0.15) is 29.4 Å². The molecule has 1 aromatic heterocycles. The summed E-state index contributed by atoms with van der Waals surface area (Å²) in [4.78, 5) is 16.4. The van der Waals surface area contributed by atoms with Crippen molar-refractivity contribution < 1.29 is 4.79 Å². The summed E-state index contributed by atoms with van der Waals surface area (Å²) in [7, 11) is 0. The SMILES string of the molecule is CCCNC(=O)c1cccc(-c2cccc(C)n2)c1. The van der Waals surface area contributed by atoms with Crippen LogP contribution in [0.4, 0.5) is 0 Å². The molecule has 0 radical (unpaired) electrons. The summed E-state index contributed by atoms with van der Waals surface area (Å²) in [6.07, 6.45) is 0.935. The van der Waals surface area contributed by atoms with E-state index in [2.05, 4.69) is 10.3 Å². The highest BCUT2D eigenvalue weighted by atomic mass is 16.1. The van der Waals surface area contributed by atoms with Gasteiger partial charge in [-0.15, -0.1) is 0 Å². The molecular weight excluding hydrogens is 236 g/mol. The second kappa shape index (κ2) is 6.14. The van der Waals surface area contributed by atoms with E-state index in [0.717, 1.165) is 23.4 Å². The van der Waals surface area contributed by atoms with Gasteiger partial charge in [0, 0.05) is 23.4 Å². The Bertz CT molecular complexity index is 578. The van der Waals surface area contributed by atoms with Gasteiger partial charge in [0.25, 0.3) is 5.91 Å². The van der Waals surface area contributed by atoms with Crippen molar-refractivity contribution >= 4 is 5.91 Å². The van der Waals surface area contributed by atoms with E-state index in [1.54, 1.807) is 0 Å². The Morgan fingerprint density at radius 3 is 2.74 bits per heavy atom. The summed E-state index contributed by atoms with van der Waals surface area (Å²) in [5, 5.41) is 2.88. The van der Waals surface area contributed by atoms with Crippen molar-refractivity contribution in [1.29, 1.82) is 0 Å². The number of aromatic nitrogens is 1. The average Bonchev–Trinajstić information content (AvgIpc) is 2.45. The number of pyridine rings is 1. The van der Waals surface area contributed by atoms with Gasteiger partial charge in [-0.05, 0) is 37.6 Å². The first kappa shape index (κ1) is 13.3. The quantitative estimate of drug-likeness (QED) is 0.910. The highest BCUT2D eigenvalue weighted by Crippen LogP contribution is 2.18. The molecular formula is C16H18N2O. The Morgan fingerprint density at radius 1 is 1.21 bits per heavy atom. The van der Waals surface area contributed by atoms with Crippen LogP contribution in [0, 0.1) is 6.92 Å². The molecule has 0 aliphatic carbocycles. The van der Waals surface area contributed by atoms with E-state index >= 15 is 0 Å². The van der Waals surface area contributed by atoms with Crippen molar-refractivity contribution in [2.75, 3.05) is 6.54 Å². The molecule has 0 fully saturated rings. The predicted molar refractivity (Wildman–Crippen MR) is 77.0 cm³/mol. The summed E-state index contributed by atoms with van der Waals surface area (Å²) < 4.78 is 0. The van der Waals surface area contributed by atoms with Gasteiger partial charge in [-0.1, -0.05) is 25.1 Å². The van der Waals surface area contributed by atoms with E-state index in [4.69, 9.17) is 0 Å². The van der Waals surface area contributed by atoms with Crippen molar-refractivity contribution in [2.45, 2.75) is 20.3 Å². The molecule has 1 N–H and O–H groups in total. The second-order valence-electron chi connectivity index (χ2n) is 4.50. The molecule has 1 aromatic carbocycles. The molecule has 19 heavy (non-hydrogen) atoms. The first-order chi connectivity index (χ1) is 9.20. The molecule has 0 aliphatic rings. The molecule has 3 heteroatoms. The fraction of sp³-hybridized carbons (Fsp3) is 0.250. The van der Waals surface area contributed by atoms with Gasteiger partial charge in [0.05, 0.1) is 5.69 Å². The van der Waals surface area contributed by atoms with E-state index < -0.39 is 0 Å². The molecule has 98 valence electrons. The van der Waals surface area contributed by atoms with Crippen LogP contribution in [0.2, 0.25) is 0 Å². The fourth-order valence-electron chi connectivity index (χ4n) is 1.86. The molecule has 2 rings (SSSR count). The van der Waals surface area contributed by atoms with Crippen LogP contribution < -0.4 is 5.32 Å². The number of rotatable bonds is 4. The largest absolute Gasteiger partial charge is 0.352 e. The Balaban J connectivity index is 2.26. The summed E-state index contributed by atoms with van der Waals surface area (Å²) in [6.45, 7) is 4.69. The minimum absolute atomic E-state index is 0.0312. The van der Waals surface area contributed by atoms with E-state index in [1.807, 2.05) is 56.3 Å². The zero-order valence-corrected chi connectivity index (χ0v) is 11.3. The van der Waals surface area contributed by atoms with Crippen LogP contribution in [-0.2, 0) is 0 Å². The van der Waals surface area contributed by atoms with Crippen LogP contribution in [0.5, 0.6) is 0 Å². The van der Waals surface area contributed by atoms with Gasteiger partial charge >= 0.3 is 0 Å². The summed E-state index contributed by atoms with van der Waals surface area (Å²) in [5.41, 5.74) is 3.51. The number of carbonyl (C=O) groups excluding carboxylic acids is 1. The maximum absolute atomic E-state index is 11.9. The van der Waals surface area contributed by atoms with Crippen molar-refractivity contribution in [1.82, 2.24) is 10.3 Å². The van der Waals surface area contributed by atoms with Crippen LogP contribution in [0.25, 0.3) is 11.3 Å². The molecule has 1 heterocycles. The molecule has 0 unspecified atom stereocenters. The van der Waals surface area contributed by atoms with E-state index in [1.165, 1.54) is 0 Å². The molecule has 1 amide bonds. The first-order valence-corrected chi connectivity index (χ1v) is 6.53. The third kappa shape index (κ3) is 3.41. The number of carbonyl (C=O) groups is 1. The molecule has 0 saturated carbocycles. The standard InChI is InChI=1S/C16H18N2O/c1-3-10-17-16(19)14-8-5-7-13(11-14)15-9-4-6-12(2)18-15/h4-9,11H,3,10H2,1-2H3,(H,17,19). The average molecular weight is 254 g/mol. The highest BCUT2D eigenvalue weighted by Gasteiger charge is 2.06. The van der Waals surface area contributed by atoms with Crippen LogP contribution in [0.15, 0.2) is 42.5 Å². The number of nitrogens with one attached hydrogen (secondary N) is 1. The van der Waals surface area contributed by atoms with Crippen molar-refractivity contribution in [2.24, 2.45) is 0 Å². The number of benzene rings is 1. The van der Waals surface area contributed by atoms with Crippen LogP contribution >= 0.6 is 0 Å². The number of hydrogen-bond donors (Lipinski definition) is 1. The third-order valence-electron chi connectivity index (χ3n) is 2.84. The monoisotopic (exact) mass is 254 g/mol. The smallest absolute Gasteiger partial charge is 0.251 e. The van der Waals surface area contributed by atoms with Crippen molar-refractivity contribution in [3.05, 3.63) is 53.7 Å². The Labute approximate surface area is 113 Å². The zero-order valence-electron chi connectivity index (χ0n) is 11.3. The Hall–Kier alpha value is -2.16. The lowest BCUT2D eigenvalue weighted by molar-refractivity contribution is 0.0953. The highest BCUT2D eigenvalue weighted by molar-refractivity contribution is 5.95. The molecule has 2 aromatic rings. The molecule has 0 atom stereocenters. The Morgan fingerprint density at radius 2 is 2.00 bits per heavy atom. The summed E-state index contributed by atoms with van der Waals surface area (Å²) >= 11 is 0. The van der Waals surface area contributed by atoms with Gasteiger partial charge in [-0.25, -0.2) is 0 Å². The lowest BCUT2D eigenvalue weighted by Crippen LogP contribution is -2.23. The zero-order chi connectivity index (χ0) is 13.7. The fourth-order valence-corrected chi connectivity index (χ4v) is 1.86. The van der Waals surface area contributed by atoms with Gasteiger partial charge in [0.2, 0.25) is 0 Å². The molecule has 0 aliphatic heterocycles. The maximum atomic E-state index is 11.9. The molecule has 3 nitrogen and oxygen atoms in total. The van der Waals surface area contributed by atoms with Gasteiger partial charge in [0.15, 0.2) is 0 Å². The lowest BCUT2D eigenvalue weighted by atomic mass is 10.1.